The number of aromatic amines is 1. The smallest absolute Gasteiger partial charge is 0.183 e. The molecule has 3 unspecified atom stereocenters. The molecule has 2 aromatic heterocycles. The first-order chi connectivity index (χ1) is 10.2. The third-order valence-electron chi connectivity index (χ3n) is 2.83. The number of nitrogens with one attached hydrogen (secondary N) is 1. The van der Waals surface area contributed by atoms with Gasteiger partial charge >= 0.3 is 0 Å². The van der Waals surface area contributed by atoms with E-state index in [1.54, 1.807) is 0 Å². The summed E-state index contributed by atoms with van der Waals surface area (Å²) in [7, 11) is 0. The molecule has 0 aliphatic carbocycles. The van der Waals surface area contributed by atoms with E-state index >= 15 is 0 Å². The molecule has 10 nitrogen and oxygen atoms in total. The van der Waals surface area contributed by atoms with Crippen molar-refractivity contribution >= 4 is 23.3 Å². The number of H-pyrrole nitrogens is 1. The Bertz CT molecular complexity index is 629. The number of fused-ring (bicyclic) bond motifs is 1. The number of nitrogens with zero attached hydrogens (tertiary/aromatic N) is 3. The lowest BCUT2D eigenvalue weighted by atomic mass is 9.97. The maximum atomic E-state index is 10.1. The van der Waals surface area contributed by atoms with Gasteiger partial charge in [-0.15, -0.1) is 0 Å². The molecule has 2 rings (SSSR count). The van der Waals surface area contributed by atoms with E-state index in [9.17, 15) is 4.79 Å². The van der Waals surface area contributed by atoms with E-state index in [4.69, 9.17) is 26.2 Å². The summed E-state index contributed by atoms with van der Waals surface area (Å²) in [5, 5.41) is 35.1. The molecule has 0 aromatic carbocycles. The van der Waals surface area contributed by atoms with E-state index in [1.807, 2.05) is 6.92 Å². The Morgan fingerprint density at radius 2 is 2.09 bits per heavy atom. The van der Waals surface area contributed by atoms with E-state index < -0.39 is 24.4 Å². The predicted molar refractivity (Wildman–Crippen MR) is 76.6 cm³/mol. The van der Waals surface area contributed by atoms with Gasteiger partial charge in [0.05, 0.1) is 6.61 Å². The molecular formula is C12H19N5O5. The quantitative estimate of drug-likeness (QED) is 0.344. The Hall–Kier alpha value is -2.14. The van der Waals surface area contributed by atoms with Crippen LogP contribution in [-0.2, 0) is 4.79 Å². The molecule has 10 heteroatoms. The highest BCUT2D eigenvalue weighted by molar-refractivity contribution is 5.80. The van der Waals surface area contributed by atoms with E-state index in [1.165, 1.54) is 6.33 Å². The zero-order valence-electron chi connectivity index (χ0n) is 12.1. The summed E-state index contributed by atoms with van der Waals surface area (Å²) >= 11 is 0. The van der Waals surface area contributed by atoms with Crippen LogP contribution in [0.2, 0.25) is 0 Å². The molecule has 0 aliphatic heterocycles. The number of rotatable bonds is 4. The minimum atomic E-state index is -2.01. The van der Waals surface area contributed by atoms with Gasteiger partial charge in [0.15, 0.2) is 17.8 Å². The standard InChI is InChI=1S/C6H7N5.C6H12O5/c1-3-10-4-5(7)8-2-9-6(4)11-3;1-6(11,3-8)5(10)4(9)2-7/h2H,1H3,(H3,7,8,9,10,11);3-5,7,9-11H,2H2,1H3. The first kappa shape index (κ1) is 17.9. The average Bonchev–Trinajstić information content (AvgIpc) is 2.88. The van der Waals surface area contributed by atoms with Crippen molar-refractivity contribution in [1.29, 1.82) is 0 Å². The molecule has 22 heavy (non-hydrogen) atoms. The molecule has 2 heterocycles. The van der Waals surface area contributed by atoms with Gasteiger partial charge in [-0.25, -0.2) is 15.0 Å². The van der Waals surface area contributed by atoms with E-state index in [-0.39, 0.29) is 6.29 Å². The molecule has 0 amide bonds. The van der Waals surface area contributed by atoms with Gasteiger partial charge in [0, 0.05) is 0 Å². The number of aromatic nitrogens is 4. The molecule has 0 radical (unpaired) electrons. The van der Waals surface area contributed by atoms with Crippen LogP contribution in [0.15, 0.2) is 6.33 Å². The summed E-state index contributed by atoms with van der Waals surface area (Å²) in [5.41, 5.74) is 4.87. The van der Waals surface area contributed by atoms with Crippen LogP contribution >= 0.6 is 0 Å². The van der Waals surface area contributed by atoms with Crippen LogP contribution in [0.5, 0.6) is 0 Å². The Balaban J connectivity index is 0.000000220. The third-order valence-corrected chi connectivity index (χ3v) is 2.83. The summed E-state index contributed by atoms with van der Waals surface area (Å²) in [6, 6.07) is 0. The molecule has 2 aromatic rings. The second kappa shape index (κ2) is 7.22. The number of nitrogen functional groups attached to an aromatic ring is 1. The SMILES string of the molecule is CC(O)(C=O)C(O)C(O)CO.Cc1nc2ncnc(N)c2[nH]1. The molecule has 0 aliphatic rings. The lowest BCUT2D eigenvalue weighted by molar-refractivity contribution is -0.148. The maximum Gasteiger partial charge on any atom is 0.183 e. The number of carbonyl (C=O) groups excluding carboxylic acids is 1. The van der Waals surface area contributed by atoms with E-state index in [0.29, 0.717) is 17.0 Å². The van der Waals surface area contributed by atoms with Crippen molar-refractivity contribution < 1.29 is 25.2 Å². The van der Waals surface area contributed by atoms with Crippen LogP contribution < -0.4 is 5.73 Å². The van der Waals surface area contributed by atoms with E-state index in [2.05, 4.69) is 19.9 Å². The Morgan fingerprint density at radius 3 is 2.59 bits per heavy atom. The molecular weight excluding hydrogens is 294 g/mol. The first-order valence-corrected chi connectivity index (χ1v) is 6.31. The van der Waals surface area contributed by atoms with Gasteiger partial charge in [-0.2, -0.15) is 0 Å². The summed E-state index contributed by atoms with van der Waals surface area (Å²) in [6.07, 6.45) is -1.66. The fraction of sp³-hybridized carbons (Fsp3) is 0.500. The minimum absolute atomic E-state index is 0.108. The molecule has 0 saturated carbocycles. The van der Waals surface area contributed by atoms with Crippen LogP contribution in [0, 0.1) is 6.92 Å². The third kappa shape index (κ3) is 4.18. The van der Waals surface area contributed by atoms with Gasteiger partial charge in [0.2, 0.25) is 0 Å². The fourth-order valence-electron chi connectivity index (χ4n) is 1.52. The second-order valence-electron chi connectivity index (χ2n) is 4.82. The summed E-state index contributed by atoms with van der Waals surface area (Å²) in [5.74, 6) is 1.24. The monoisotopic (exact) mass is 313 g/mol. The van der Waals surface area contributed by atoms with Crippen LogP contribution in [0.4, 0.5) is 5.82 Å². The fourth-order valence-corrected chi connectivity index (χ4v) is 1.52. The molecule has 0 spiro atoms. The topological polar surface area (TPSA) is 178 Å². The van der Waals surface area contributed by atoms with E-state index in [0.717, 1.165) is 12.7 Å². The number of imidazole rings is 1. The number of aliphatic hydroxyl groups excluding tert-OH is 3. The van der Waals surface area contributed by atoms with Crippen LogP contribution in [0.3, 0.4) is 0 Å². The number of hydrogen-bond acceptors (Lipinski definition) is 9. The zero-order chi connectivity index (χ0) is 16.9. The number of carbonyl (C=O) groups is 1. The predicted octanol–water partition coefficient (Wildman–Crippen LogP) is -2.11. The number of aliphatic hydroxyl groups is 4. The Morgan fingerprint density at radius 1 is 1.45 bits per heavy atom. The number of anilines is 1. The van der Waals surface area contributed by atoms with Gasteiger partial charge in [0.1, 0.15) is 35.5 Å². The highest BCUT2D eigenvalue weighted by Crippen LogP contribution is 2.12. The van der Waals surface area contributed by atoms with Crippen molar-refractivity contribution in [3.05, 3.63) is 12.2 Å². The molecule has 0 bridgehead atoms. The number of aldehydes is 1. The summed E-state index contributed by atoms with van der Waals surface area (Å²) in [6.45, 7) is 2.19. The number of hydrogen-bond donors (Lipinski definition) is 6. The molecule has 122 valence electrons. The van der Waals surface area contributed by atoms with Crippen LogP contribution in [0.25, 0.3) is 11.2 Å². The average molecular weight is 313 g/mol. The van der Waals surface area contributed by atoms with Crippen LogP contribution in [0.1, 0.15) is 12.7 Å². The highest BCUT2D eigenvalue weighted by atomic mass is 16.4. The van der Waals surface area contributed by atoms with Gasteiger partial charge in [-0.3, -0.25) is 0 Å². The Kier molecular flexibility index (Phi) is 5.88. The number of aryl methyl sites for hydroxylation is 1. The molecule has 3 atom stereocenters. The summed E-state index contributed by atoms with van der Waals surface area (Å²) < 4.78 is 0. The highest BCUT2D eigenvalue weighted by Gasteiger charge is 2.34. The first-order valence-electron chi connectivity index (χ1n) is 6.31. The molecule has 7 N–H and O–H groups in total. The van der Waals surface area contributed by atoms with Gasteiger partial charge in [-0.1, -0.05) is 0 Å². The second-order valence-corrected chi connectivity index (χ2v) is 4.82. The summed E-state index contributed by atoms with van der Waals surface area (Å²) in [4.78, 5) is 24.9. The van der Waals surface area contributed by atoms with Crippen molar-refractivity contribution in [3.63, 3.8) is 0 Å². The Labute approximate surface area is 125 Å². The van der Waals surface area contributed by atoms with Gasteiger partial charge in [-0.05, 0) is 13.8 Å². The lowest BCUT2D eigenvalue weighted by Gasteiger charge is -2.25. The normalized spacial score (nSPS) is 16.3. The molecule has 0 saturated heterocycles. The van der Waals surface area contributed by atoms with Crippen molar-refractivity contribution in [1.82, 2.24) is 19.9 Å². The zero-order valence-corrected chi connectivity index (χ0v) is 12.1. The van der Waals surface area contributed by atoms with Crippen molar-refractivity contribution in [3.8, 4) is 0 Å². The number of nitrogens with two attached hydrogens (primary N) is 1. The van der Waals surface area contributed by atoms with Crippen molar-refractivity contribution in [2.24, 2.45) is 0 Å². The lowest BCUT2D eigenvalue weighted by Crippen LogP contribution is -2.49. The van der Waals surface area contributed by atoms with Crippen molar-refractivity contribution in [2.45, 2.75) is 31.7 Å². The molecule has 0 fully saturated rings. The largest absolute Gasteiger partial charge is 0.394 e. The van der Waals surface area contributed by atoms with Gasteiger partial charge in [0.25, 0.3) is 0 Å². The maximum absolute atomic E-state index is 10.1. The van der Waals surface area contributed by atoms with Crippen molar-refractivity contribution in [2.75, 3.05) is 12.3 Å². The van der Waals surface area contributed by atoms with Crippen LogP contribution in [-0.4, -0.2) is 71.1 Å². The minimum Gasteiger partial charge on any atom is -0.394 e. The van der Waals surface area contributed by atoms with Gasteiger partial charge < -0.3 is 35.9 Å².